The van der Waals surface area contributed by atoms with Gasteiger partial charge in [-0.15, -0.1) is 11.8 Å². The number of benzene rings is 1. The van der Waals surface area contributed by atoms with Crippen molar-refractivity contribution < 1.29 is 4.79 Å². The van der Waals surface area contributed by atoms with E-state index in [0.29, 0.717) is 21.6 Å². The van der Waals surface area contributed by atoms with Gasteiger partial charge in [-0.1, -0.05) is 29.3 Å². The maximum absolute atomic E-state index is 11.9. The second-order valence-electron chi connectivity index (χ2n) is 4.36. The second kappa shape index (κ2) is 7.02. The second-order valence-corrected chi connectivity index (χ2v) is 6.22. The number of halogens is 2. The van der Waals surface area contributed by atoms with Crippen molar-refractivity contribution in [3.05, 3.63) is 46.1 Å². The highest BCUT2D eigenvalue weighted by Crippen LogP contribution is 2.26. The van der Waals surface area contributed by atoms with Gasteiger partial charge in [-0.2, -0.15) is 0 Å². The number of nitrogens with two attached hydrogens (primary N) is 1. The summed E-state index contributed by atoms with van der Waals surface area (Å²) in [6, 6.07) is 7.25. The average Bonchev–Trinajstić information content (AvgIpc) is 2.41. The summed E-state index contributed by atoms with van der Waals surface area (Å²) in [4.78, 5) is 16.7. The molecule has 0 aliphatic carbocycles. The first-order valence-electron chi connectivity index (χ1n) is 6.05. The first-order valence-corrected chi connectivity index (χ1v) is 7.79. The van der Waals surface area contributed by atoms with Crippen molar-refractivity contribution in [1.29, 1.82) is 0 Å². The van der Waals surface area contributed by atoms with Gasteiger partial charge in [0, 0.05) is 16.8 Å². The van der Waals surface area contributed by atoms with Crippen LogP contribution in [0.3, 0.4) is 0 Å². The molecule has 0 unspecified atom stereocenters. The van der Waals surface area contributed by atoms with Crippen LogP contribution in [0.1, 0.15) is 5.56 Å². The molecular formula is C14H13Cl2N3OS. The minimum atomic E-state index is -0.211. The van der Waals surface area contributed by atoms with Crippen molar-refractivity contribution in [2.45, 2.75) is 11.8 Å². The topological polar surface area (TPSA) is 68.0 Å². The van der Waals surface area contributed by atoms with Crippen LogP contribution in [0.25, 0.3) is 0 Å². The molecule has 0 saturated carbocycles. The Labute approximate surface area is 137 Å². The molecule has 110 valence electrons. The predicted molar refractivity (Wildman–Crippen MR) is 89.2 cm³/mol. The van der Waals surface area contributed by atoms with Crippen molar-refractivity contribution in [2.75, 3.05) is 16.8 Å². The highest BCUT2D eigenvalue weighted by molar-refractivity contribution is 8.00. The van der Waals surface area contributed by atoms with E-state index in [2.05, 4.69) is 10.3 Å². The number of nitrogen functional groups attached to an aromatic ring is 1. The molecule has 0 atom stereocenters. The summed E-state index contributed by atoms with van der Waals surface area (Å²) in [5.74, 6) is 0.300. The van der Waals surface area contributed by atoms with Crippen molar-refractivity contribution in [2.24, 2.45) is 0 Å². The number of carbonyl (C=O) groups is 1. The quantitative estimate of drug-likeness (QED) is 0.651. The number of thioether (sulfide) groups is 1. The van der Waals surface area contributed by atoms with Gasteiger partial charge in [0.15, 0.2) is 5.82 Å². The van der Waals surface area contributed by atoms with Crippen molar-refractivity contribution >= 4 is 52.4 Å². The first kappa shape index (κ1) is 15.9. The number of pyridine rings is 1. The Balaban J connectivity index is 1.96. The Kier molecular flexibility index (Phi) is 5.33. The summed E-state index contributed by atoms with van der Waals surface area (Å²) in [6.45, 7) is 1.96. The van der Waals surface area contributed by atoms with Crippen LogP contribution in [0.15, 0.2) is 35.4 Å². The van der Waals surface area contributed by atoms with E-state index in [1.165, 1.54) is 24.0 Å². The molecule has 0 bridgehead atoms. The lowest BCUT2D eigenvalue weighted by atomic mass is 10.2. The molecule has 7 heteroatoms. The average molecular weight is 342 g/mol. The number of hydrogen-bond acceptors (Lipinski definition) is 4. The maximum atomic E-state index is 11.9. The fourth-order valence-corrected chi connectivity index (χ4v) is 2.79. The number of anilines is 2. The van der Waals surface area contributed by atoms with E-state index in [0.717, 1.165) is 10.5 Å². The Morgan fingerprint density at radius 3 is 2.81 bits per heavy atom. The summed E-state index contributed by atoms with van der Waals surface area (Å²) in [6.07, 6.45) is 1.42. The number of rotatable bonds is 4. The molecule has 1 aromatic carbocycles. The lowest BCUT2D eigenvalue weighted by Crippen LogP contribution is -2.15. The smallest absolute Gasteiger partial charge is 0.235 e. The molecular weight excluding hydrogens is 329 g/mol. The van der Waals surface area contributed by atoms with Crippen LogP contribution in [-0.4, -0.2) is 16.6 Å². The number of amides is 1. The molecule has 0 spiro atoms. The van der Waals surface area contributed by atoms with E-state index < -0.39 is 0 Å². The van der Waals surface area contributed by atoms with Crippen molar-refractivity contribution in [3.63, 3.8) is 0 Å². The molecule has 1 amide bonds. The van der Waals surface area contributed by atoms with Crippen LogP contribution >= 0.6 is 35.0 Å². The lowest BCUT2D eigenvalue weighted by Gasteiger charge is -2.08. The van der Waals surface area contributed by atoms with Crippen LogP contribution in [0.5, 0.6) is 0 Å². The van der Waals surface area contributed by atoms with Crippen molar-refractivity contribution in [1.82, 2.24) is 4.98 Å². The van der Waals surface area contributed by atoms with E-state index in [9.17, 15) is 4.79 Å². The molecule has 2 rings (SSSR count). The van der Waals surface area contributed by atoms with E-state index in [1.54, 1.807) is 0 Å². The van der Waals surface area contributed by atoms with Gasteiger partial charge in [0.1, 0.15) is 0 Å². The molecule has 21 heavy (non-hydrogen) atoms. The van der Waals surface area contributed by atoms with Crippen LogP contribution < -0.4 is 11.1 Å². The zero-order valence-electron chi connectivity index (χ0n) is 11.2. The van der Waals surface area contributed by atoms with Gasteiger partial charge in [0.2, 0.25) is 5.91 Å². The zero-order chi connectivity index (χ0) is 15.4. The molecule has 1 heterocycles. The third-order valence-electron chi connectivity index (χ3n) is 2.59. The summed E-state index contributed by atoms with van der Waals surface area (Å²) >= 11 is 13.1. The number of aryl methyl sites for hydroxylation is 1. The molecule has 2 aromatic rings. The van der Waals surface area contributed by atoms with E-state index in [1.807, 2.05) is 25.1 Å². The van der Waals surface area contributed by atoms with Gasteiger partial charge in [-0.3, -0.25) is 4.79 Å². The predicted octanol–water partition coefficient (Wildman–Crippen LogP) is 4.01. The minimum absolute atomic E-state index is 0.211. The Bertz CT molecular complexity index is 679. The highest BCUT2D eigenvalue weighted by Gasteiger charge is 2.09. The summed E-state index contributed by atoms with van der Waals surface area (Å²) in [7, 11) is 0. The molecule has 0 radical (unpaired) electrons. The Morgan fingerprint density at radius 1 is 1.38 bits per heavy atom. The maximum Gasteiger partial charge on any atom is 0.235 e. The highest BCUT2D eigenvalue weighted by atomic mass is 35.5. The zero-order valence-corrected chi connectivity index (χ0v) is 13.5. The largest absolute Gasteiger partial charge is 0.398 e. The fourth-order valence-electron chi connectivity index (χ4n) is 1.62. The van der Waals surface area contributed by atoms with Gasteiger partial charge in [0.25, 0.3) is 0 Å². The van der Waals surface area contributed by atoms with Gasteiger partial charge < -0.3 is 11.1 Å². The summed E-state index contributed by atoms with van der Waals surface area (Å²) < 4.78 is 0. The van der Waals surface area contributed by atoms with E-state index >= 15 is 0 Å². The summed E-state index contributed by atoms with van der Waals surface area (Å²) in [5.41, 5.74) is 7.64. The third kappa shape index (κ3) is 4.52. The Hall–Kier alpha value is -1.43. The van der Waals surface area contributed by atoms with Gasteiger partial charge >= 0.3 is 0 Å². The molecule has 0 fully saturated rings. The molecule has 1 aromatic heterocycles. The lowest BCUT2D eigenvalue weighted by molar-refractivity contribution is -0.113. The summed E-state index contributed by atoms with van der Waals surface area (Å²) in [5, 5.41) is 3.35. The number of nitrogens with zero attached hydrogens (tertiary/aromatic N) is 1. The monoisotopic (exact) mass is 341 g/mol. The number of nitrogens with one attached hydrogen (secondary N) is 1. The van der Waals surface area contributed by atoms with Crippen LogP contribution in [-0.2, 0) is 4.79 Å². The molecule has 4 nitrogen and oxygen atoms in total. The molecule has 0 aliphatic heterocycles. The third-order valence-corrected chi connectivity index (χ3v) is 4.17. The van der Waals surface area contributed by atoms with Crippen LogP contribution in [0, 0.1) is 6.92 Å². The fraction of sp³-hybridized carbons (Fsp3) is 0.143. The van der Waals surface area contributed by atoms with Gasteiger partial charge in [-0.25, -0.2) is 4.98 Å². The minimum Gasteiger partial charge on any atom is -0.398 e. The number of aromatic nitrogens is 1. The van der Waals surface area contributed by atoms with Crippen LogP contribution in [0.2, 0.25) is 10.0 Å². The molecule has 3 N–H and O–H groups in total. The van der Waals surface area contributed by atoms with Gasteiger partial charge in [-0.05, 0) is 30.7 Å². The van der Waals surface area contributed by atoms with Crippen LogP contribution in [0.4, 0.5) is 11.5 Å². The number of hydrogen-bond donors (Lipinski definition) is 2. The normalized spacial score (nSPS) is 10.4. The molecule has 0 saturated heterocycles. The SMILES string of the molecule is Cc1ccc(SCC(=O)Nc2ncc(Cl)cc2Cl)c(N)c1. The van der Waals surface area contributed by atoms with E-state index in [-0.39, 0.29) is 11.7 Å². The molecule has 0 aliphatic rings. The standard InChI is InChI=1S/C14H13Cl2N3OS/c1-8-2-3-12(11(17)4-8)21-7-13(20)19-14-10(16)5-9(15)6-18-14/h2-6H,7,17H2,1H3,(H,18,19,20). The van der Waals surface area contributed by atoms with Gasteiger partial charge in [0.05, 0.1) is 15.8 Å². The number of carbonyl (C=O) groups excluding carboxylic acids is 1. The van der Waals surface area contributed by atoms with Crippen molar-refractivity contribution in [3.8, 4) is 0 Å². The first-order chi connectivity index (χ1) is 9.95. The van der Waals surface area contributed by atoms with E-state index in [4.69, 9.17) is 28.9 Å². The Morgan fingerprint density at radius 2 is 2.14 bits per heavy atom.